The zero-order valence-electron chi connectivity index (χ0n) is 30.1. The number of pyridine rings is 3. The van der Waals surface area contributed by atoms with E-state index in [2.05, 4.69) is 81.7 Å². The molecule has 0 bridgehead atoms. The fraction of sp³-hybridized carbons (Fsp3) is 0.0435. The molecular formula is C46H34Ir3N3O2S2-3. The van der Waals surface area contributed by atoms with Crippen molar-refractivity contribution in [1.82, 2.24) is 15.0 Å². The third kappa shape index (κ3) is 13.1. The molecule has 3 radical (unpaired) electrons. The first-order valence-electron chi connectivity index (χ1n) is 16.8. The summed E-state index contributed by atoms with van der Waals surface area (Å²) in [5.74, 6) is -0.0625. The molecule has 0 spiro atoms. The van der Waals surface area contributed by atoms with Crippen LogP contribution in [0.4, 0.5) is 0 Å². The second-order valence-electron chi connectivity index (χ2n) is 11.6. The average molecular weight is 1300 g/mol. The van der Waals surface area contributed by atoms with Crippen molar-refractivity contribution >= 4 is 59.4 Å². The van der Waals surface area contributed by atoms with Gasteiger partial charge in [-0.05, 0) is 67.7 Å². The summed E-state index contributed by atoms with van der Waals surface area (Å²) >= 11 is 3.46. The van der Waals surface area contributed by atoms with Gasteiger partial charge in [-0.3, -0.25) is 4.79 Å². The normalized spacial score (nSPS) is 10.1. The molecule has 9 rings (SSSR count). The number of hydrogen-bond acceptors (Lipinski definition) is 7. The Bertz CT molecular complexity index is 2400. The first-order chi connectivity index (χ1) is 25.9. The second kappa shape index (κ2) is 23.7. The van der Waals surface area contributed by atoms with E-state index in [0.717, 1.165) is 32.4 Å². The molecule has 0 aliphatic carbocycles. The Labute approximate surface area is 375 Å². The summed E-state index contributed by atoms with van der Waals surface area (Å²) in [5, 5.41) is 13.1. The van der Waals surface area contributed by atoms with Crippen LogP contribution in [-0.4, -0.2) is 25.8 Å². The van der Waals surface area contributed by atoms with Crippen LogP contribution >= 0.6 is 22.7 Å². The molecule has 5 heterocycles. The van der Waals surface area contributed by atoms with Crippen LogP contribution in [0.25, 0.3) is 63.3 Å². The van der Waals surface area contributed by atoms with Crippen LogP contribution in [0.2, 0.25) is 0 Å². The summed E-state index contributed by atoms with van der Waals surface area (Å²) in [6.07, 6.45) is 6.64. The van der Waals surface area contributed by atoms with Gasteiger partial charge >= 0.3 is 0 Å². The van der Waals surface area contributed by atoms with Gasteiger partial charge in [-0.15, -0.1) is 83.1 Å². The number of carbonyl (C=O) groups excluding carboxylic acids is 1. The van der Waals surface area contributed by atoms with Gasteiger partial charge < -0.3 is 20.1 Å². The molecular weight excluding hydrogens is 1270 g/mol. The summed E-state index contributed by atoms with van der Waals surface area (Å²) in [4.78, 5) is 25.3. The molecule has 0 atom stereocenters. The van der Waals surface area contributed by atoms with Crippen LogP contribution in [0.15, 0.2) is 170 Å². The molecule has 9 aromatic rings. The number of benzene rings is 4. The molecule has 0 unspecified atom stereocenters. The van der Waals surface area contributed by atoms with Crippen molar-refractivity contribution in [2.24, 2.45) is 0 Å². The number of allylic oxidation sites excluding steroid dienone is 2. The molecule has 0 saturated carbocycles. The smallest absolute Gasteiger partial charge is 0.155 e. The number of carbonyl (C=O) groups is 1. The number of ketones is 1. The van der Waals surface area contributed by atoms with E-state index < -0.39 is 0 Å². The molecule has 0 saturated heterocycles. The number of hydrogen-bond donors (Lipinski definition) is 1. The van der Waals surface area contributed by atoms with E-state index in [9.17, 15) is 4.79 Å². The summed E-state index contributed by atoms with van der Waals surface area (Å²) in [6.45, 7) is 2.85. The van der Waals surface area contributed by atoms with E-state index in [1.54, 1.807) is 22.7 Å². The van der Waals surface area contributed by atoms with Crippen molar-refractivity contribution in [2.45, 2.75) is 13.8 Å². The van der Waals surface area contributed by atoms with Crippen LogP contribution in [0.1, 0.15) is 13.8 Å². The number of nitrogens with zero attached hydrogens (tertiary/aromatic N) is 3. The van der Waals surface area contributed by atoms with Gasteiger partial charge in [0.05, 0.1) is 5.76 Å². The topological polar surface area (TPSA) is 76.0 Å². The Kier molecular flexibility index (Phi) is 19.5. The van der Waals surface area contributed by atoms with E-state index in [-0.39, 0.29) is 71.9 Å². The zero-order valence-corrected chi connectivity index (χ0v) is 38.9. The number of fused-ring (bicyclic) bond motifs is 3. The molecule has 0 amide bonds. The molecule has 5 nitrogen and oxygen atoms in total. The maximum atomic E-state index is 10.0. The van der Waals surface area contributed by atoms with E-state index in [1.165, 1.54) is 50.9 Å². The molecule has 4 aromatic carbocycles. The summed E-state index contributed by atoms with van der Waals surface area (Å²) in [6, 6.07) is 56.6. The quantitative estimate of drug-likeness (QED) is 0.108. The Morgan fingerprint density at radius 3 is 1.57 bits per heavy atom. The third-order valence-electron chi connectivity index (χ3n) is 7.54. The minimum atomic E-state index is -0.125. The Morgan fingerprint density at radius 2 is 1.11 bits per heavy atom. The van der Waals surface area contributed by atoms with E-state index in [4.69, 9.17) is 5.11 Å². The van der Waals surface area contributed by atoms with E-state index in [1.807, 2.05) is 110 Å². The summed E-state index contributed by atoms with van der Waals surface area (Å²) in [5.41, 5.74) is 4.04. The van der Waals surface area contributed by atoms with Gasteiger partial charge in [-0.25, -0.2) is 22.7 Å². The van der Waals surface area contributed by atoms with Gasteiger partial charge in [0.15, 0.2) is 5.78 Å². The maximum absolute atomic E-state index is 10.0. The predicted octanol–water partition coefficient (Wildman–Crippen LogP) is 12.3. The van der Waals surface area contributed by atoms with E-state index in [0.29, 0.717) is 0 Å². The standard InChI is InChI=1S/C15H10N.2C13H8NS.C5H8O2.3Ir/c1-2-7-13(8-3-1)15-14-9-5-4-6-12(14)10-11-16-15;2*1-2-7-12-10(5-1)9-13(15-12)11-6-3-4-8-14-11;1-4(6)3-5(2)7;;;/h1-7,9-11H;2*1-8H;3,6H,1-2H3;;;/q3*-1;;;;. The van der Waals surface area contributed by atoms with Gasteiger partial charge in [0.25, 0.3) is 0 Å². The van der Waals surface area contributed by atoms with Crippen LogP contribution in [-0.2, 0) is 65.1 Å². The SMILES string of the molecule is CC(=O)C=C(C)O.[Ir].[Ir].[Ir].[c-]1c(-c2ccccn2)sc2ccccc12.[c-]1c(-c2ccccn2)sc2ccccc12.[c-]1ccccc1-c1nccc2ccccc12. The summed E-state index contributed by atoms with van der Waals surface area (Å²) in [7, 11) is 0. The molecule has 5 aromatic heterocycles. The molecule has 0 aliphatic rings. The molecule has 0 fully saturated rings. The first-order valence-corrected chi connectivity index (χ1v) is 18.4. The molecule has 0 aliphatic heterocycles. The van der Waals surface area contributed by atoms with Gasteiger partial charge in [-0.2, -0.15) is 0 Å². The minimum absolute atomic E-state index is 0. The fourth-order valence-electron chi connectivity index (χ4n) is 5.23. The van der Waals surface area contributed by atoms with Gasteiger partial charge in [-0.1, -0.05) is 72.8 Å². The van der Waals surface area contributed by atoms with Gasteiger partial charge in [0.2, 0.25) is 0 Å². The molecule has 1 N–H and O–H groups in total. The van der Waals surface area contributed by atoms with Crippen molar-refractivity contribution in [3.8, 4) is 32.4 Å². The van der Waals surface area contributed by atoms with Crippen LogP contribution in [0.5, 0.6) is 0 Å². The number of aromatic nitrogens is 3. The summed E-state index contributed by atoms with van der Waals surface area (Å²) < 4.78 is 2.52. The van der Waals surface area contributed by atoms with Crippen molar-refractivity contribution in [2.75, 3.05) is 0 Å². The zero-order chi connectivity index (χ0) is 36.8. The monoisotopic (exact) mass is 1300 g/mol. The molecule has 287 valence electrons. The number of thiophene rings is 2. The molecule has 10 heteroatoms. The maximum Gasteiger partial charge on any atom is 0.155 e. The van der Waals surface area contributed by atoms with Crippen LogP contribution < -0.4 is 0 Å². The average Bonchev–Trinajstić information content (AvgIpc) is 3.84. The predicted molar refractivity (Wildman–Crippen MR) is 221 cm³/mol. The number of aliphatic hydroxyl groups is 1. The van der Waals surface area contributed by atoms with Crippen LogP contribution in [0.3, 0.4) is 0 Å². The fourth-order valence-corrected chi connectivity index (χ4v) is 7.19. The Balaban J connectivity index is 0.000000203. The van der Waals surface area contributed by atoms with Crippen molar-refractivity contribution in [1.29, 1.82) is 0 Å². The molecule has 56 heavy (non-hydrogen) atoms. The van der Waals surface area contributed by atoms with Crippen molar-refractivity contribution in [3.63, 3.8) is 0 Å². The number of rotatable bonds is 4. The largest absolute Gasteiger partial charge is 0.512 e. The Hall–Kier alpha value is -4.33. The van der Waals surface area contributed by atoms with Crippen LogP contribution in [0, 0.1) is 18.2 Å². The number of aliphatic hydroxyl groups excluding tert-OH is 1. The van der Waals surface area contributed by atoms with Gasteiger partial charge in [0.1, 0.15) is 0 Å². The van der Waals surface area contributed by atoms with E-state index >= 15 is 0 Å². The Morgan fingerprint density at radius 1 is 0.589 bits per heavy atom. The minimum Gasteiger partial charge on any atom is -0.512 e. The van der Waals surface area contributed by atoms with Crippen molar-refractivity contribution in [3.05, 3.63) is 188 Å². The van der Waals surface area contributed by atoms with Crippen molar-refractivity contribution < 1.29 is 70.2 Å². The second-order valence-corrected chi connectivity index (χ2v) is 13.7. The first kappa shape index (κ1) is 46.1. The van der Waals surface area contributed by atoms with Gasteiger partial charge in [0, 0.05) is 96.4 Å². The third-order valence-corrected chi connectivity index (χ3v) is 9.72.